The van der Waals surface area contributed by atoms with Gasteiger partial charge in [0.1, 0.15) is 11.5 Å². The molecule has 0 amide bonds. The van der Waals surface area contributed by atoms with E-state index in [1.807, 2.05) is 43.4 Å². The maximum atomic E-state index is 5.91. The Balaban J connectivity index is 1.69. The molecule has 2 aromatic rings. The quantitative estimate of drug-likeness (QED) is 0.908. The second-order valence-corrected chi connectivity index (χ2v) is 5.57. The minimum atomic E-state index is 0.744. The maximum absolute atomic E-state index is 5.91. The van der Waals surface area contributed by atoms with Gasteiger partial charge < -0.3 is 15.0 Å². The van der Waals surface area contributed by atoms with Crippen LogP contribution < -0.4 is 15.0 Å². The highest BCUT2D eigenvalue weighted by molar-refractivity contribution is 5.52. The first-order chi connectivity index (χ1) is 10.3. The number of rotatable bonds is 5. The summed E-state index contributed by atoms with van der Waals surface area (Å²) in [6, 6.07) is 18.3. The van der Waals surface area contributed by atoms with Crippen LogP contribution in [0.3, 0.4) is 0 Å². The average Bonchev–Trinajstić information content (AvgIpc) is 2.98. The zero-order valence-corrected chi connectivity index (χ0v) is 12.5. The third-order valence-corrected chi connectivity index (χ3v) is 3.94. The summed E-state index contributed by atoms with van der Waals surface area (Å²) < 4.78 is 5.91. The summed E-state index contributed by atoms with van der Waals surface area (Å²) in [4.78, 5) is 2.44. The summed E-state index contributed by atoms with van der Waals surface area (Å²) in [6.45, 7) is 3.34. The number of hydrogen-bond donors (Lipinski definition) is 1. The van der Waals surface area contributed by atoms with Gasteiger partial charge in [-0.2, -0.15) is 0 Å². The van der Waals surface area contributed by atoms with Crippen LogP contribution in [-0.2, 0) is 0 Å². The van der Waals surface area contributed by atoms with Gasteiger partial charge in [0.15, 0.2) is 0 Å². The van der Waals surface area contributed by atoms with Gasteiger partial charge in [-0.3, -0.25) is 0 Å². The van der Waals surface area contributed by atoms with Crippen molar-refractivity contribution in [2.75, 3.05) is 31.6 Å². The average molecular weight is 282 g/mol. The van der Waals surface area contributed by atoms with Gasteiger partial charge in [0.25, 0.3) is 0 Å². The highest BCUT2D eigenvalue weighted by atomic mass is 16.5. The van der Waals surface area contributed by atoms with Gasteiger partial charge in [-0.25, -0.2) is 0 Å². The Hall–Kier alpha value is -2.00. The van der Waals surface area contributed by atoms with E-state index in [0.717, 1.165) is 37.1 Å². The molecule has 3 rings (SSSR count). The van der Waals surface area contributed by atoms with Crippen LogP contribution in [0.2, 0.25) is 0 Å². The minimum Gasteiger partial charge on any atom is -0.457 e. The number of nitrogens with one attached hydrogen (secondary N) is 1. The first-order valence-corrected chi connectivity index (χ1v) is 7.57. The van der Waals surface area contributed by atoms with Crippen molar-refractivity contribution in [1.29, 1.82) is 0 Å². The van der Waals surface area contributed by atoms with Gasteiger partial charge in [0, 0.05) is 24.8 Å². The second kappa shape index (κ2) is 6.64. The smallest absolute Gasteiger partial charge is 0.129 e. The van der Waals surface area contributed by atoms with Crippen LogP contribution in [0.1, 0.15) is 6.42 Å². The molecule has 0 saturated carbocycles. The van der Waals surface area contributed by atoms with E-state index in [0.29, 0.717) is 0 Å². The topological polar surface area (TPSA) is 24.5 Å². The summed E-state index contributed by atoms with van der Waals surface area (Å²) in [5, 5.41) is 3.27. The van der Waals surface area contributed by atoms with Crippen molar-refractivity contribution in [3.8, 4) is 11.5 Å². The lowest BCUT2D eigenvalue weighted by atomic mass is 10.1. The fraction of sp³-hybridized carbons (Fsp3) is 0.333. The van der Waals surface area contributed by atoms with Crippen molar-refractivity contribution >= 4 is 5.69 Å². The van der Waals surface area contributed by atoms with Crippen LogP contribution in [0, 0.1) is 5.92 Å². The van der Waals surface area contributed by atoms with E-state index in [1.54, 1.807) is 0 Å². The third-order valence-electron chi connectivity index (χ3n) is 3.94. The molecule has 110 valence electrons. The highest BCUT2D eigenvalue weighted by Gasteiger charge is 2.22. The fourth-order valence-electron chi connectivity index (χ4n) is 2.89. The summed E-state index contributed by atoms with van der Waals surface area (Å²) in [7, 11) is 2.02. The lowest BCUT2D eigenvalue weighted by Gasteiger charge is -2.19. The summed E-state index contributed by atoms with van der Waals surface area (Å²) in [6.07, 6.45) is 1.25. The second-order valence-electron chi connectivity index (χ2n) is 5.57. The Morgan fingerprint density at radius 3 is 2.71 bits per heavy atom. The zero-order chi connectivity index (χ0) is 14.5. The van der Waals surface area contributed by atoms with Crippen LogP contribution in [0.15, 0.2) is 54.6 Å². The largest absolute Gasteiger partial charge is 0.457 e. The minimum absolute atomic E-state index is 0.744. The monoisotopic (exact) mass is 282 g/mol. The van der Waals surface area contributed by atoms with Gasteiger partial charge in [0.2, 0.25) is 0 Å². The predicted octanol–water partition coefficient (Wildman–Crippen LogP) is 3.52. The van der Waals surface area contributed by atoms with E-state index in [2.05, 4.69) is 28.4 Å². The van der Waals surface area contributed by atoms with E-state index in [9.17, 15) is 0 Å². The number of para-hydroxylation sites is 1. The predicted molar refractivity (Wildman–Crippen MR) is 87.2 cm³/mol. The number of anilines is 1. The first kappa shape index (κ1) is 14.0. The van der Waals surface area contributed by atoms with Gasteiger partial charge >= 0.3 is 0 Å². The molecule has 0 aromatic heterocycles. The van der Waals surface area contributed by atoms with Crippen LogP contribution in [0.25, 0.3) is 0 Å². The molecular weight excluding hydrogens is 260 g/mol. The van der Waals surface area contributed by atoms with Crippen LogP contribution in [0.4, 0.5) is 5.69 Å². The first-order valence-electron chi connectivity index (χ1n) is 7.57. The molecule has 1 aliphatic rings. The molecule has 2 aromatic carbocycles. The molecule has 21 heavy (non-hydrogen) atoms. The molecule has 1 fully saturated rings. The summed E-state index contributed by atoms with van der Waals surface area (Å²) in [5.41, 5.74) is 1.25. The molecule has 0 aliphatic carbocycles. The van der Waals surface area contributed by atoms with Crippen molar-refractivity contribution in [1.82, 2.24) is 5.32 Å². The van der Waals surface area contributed by atoms with Crippen LogP contribution in [-0.4, -0.2) is 26.7 Å². The van der Waals surface area contributed by atoms with Crippen molar-refractivity contribution < 1.29 is 4.74 Å². The zero-order valence-electron chi connectivity index (χ0n) is 12.5. The van der Waals surface area contributed by atoms with E-state index >= 15 is 0 Å². The summed E-state index contributed by atoms with van der Waals surface area (Å²) >= 11 is 0. The lowest BCUT2D eigenvalue weighted by Crippen LogP contribution is -2.24. The van der Waals surface area contributed by atoms with Crippen molar-refractivity contribution in [2.45, 2.75) is 6.42 Å². The van der Waals surface area contributed by atoms with Gasteiger partial charge in [-0.1, -0.05) is 24.3 Å². The molecule has 1 N–H and O–H groups in total. The molecule has 3 heteroatoms. The molecule has 1 saturated heterocycles. The summed E-state index contributed by atoms with van der Waals surface area (Å²) in [5.74, 6) is 2.52. The Bertz CT molecular complexity index is 570. The molecule has 1 unspecified atom stereocenters. The Kier molecular flexibility index (Phi) is 4.41. The molecule has 1 aliphatic heterocycles. The molecule has 0 spiro atoms. The molecule has 1 atom stereocenters. The van der Waals surface area contributed by atoms with Gasteiger partial charge in [-0.15, -0.1) is 0 Å². The van der Waals surface area contributed by atoms with Crippen molar-refractivity contribution in [2.24, 2.45) is 5.92 Å². The Morgan fingerprint density at radius 1 is 1.10 bits per heavy atom. The normalized spacial score (nSPS) is 18.0. The number of ether oxygens (including phenoxy) is 1. The fourth-order valence-corrected chi connectivity index (χ4v) is 2.89. The van der Waals surface area contributed by atoms with E-state index in [1.165, 1.54) is 12.1 Å². The van der Waals surface area contributed by atoms with Gasteiger partial charge in [-0.05, 0) is 50.2 Å². The molecule has 1 heterocycles. The van der Waals surface area contributed by atoms with E-state index in [4.69, 9.17) is 4.74 Å². The standard InChI is InChI=1S/C18H22N2O/c1-19-13-15-10-11-20(14-15)16-6-5-9-18(12-16)21-17-7-3-2-4-8-17/h2-9,12,15,19H,10-11,13-14H2,1H3. The Labute approximate surface area is 126 Å². The SMILES string of the molecule is CNCC1CCN(c2cccc(Oc3ccccc3)c2)C1. The van der Waals surface area contributed by atoms with Crippen LogP contribution in [0.5, 0.6) is 11.5 Å². The van der Waals surface area contributed by atoms with Gasteiger partial charge in [0.05, 0.1) is 0 Å². The molecule has 0 bridgehead atoms. The number of benzene rings is 2. The molecular formula is C18H22N2O. The number of nitrogens with zero attached hydrogens (tertiary/aromatic N) is 1. The molecule has 3 nitrogen and oxygen atoms in total. The Morgan fingerprint density at radius 2 is 1.90 bits per heavy atom. The maximum Gasteiger partial charge on any atom is 0.129 e. The third kappa shape index (κ3) is 3.56. The lowest BCUT2D eigenvalue weighted by molar-refractivity contribution is 0.482. The number of hydrogen-bond acceptors (Lipinski definition) is 3. The highest BCUT2D eigenvalue weighted by Crippen LogP contribution is 2.29. The van der Waals surface area contributed by atoms with Crippen molar-refractivity contribution in [3.05, 3.63) is 54.6 Å². The van der Waals surface area contributed by atoms with Crippen molar-refractivity contribution in [3.63, 3.8) is 0 Å². The van der Waals surface area contributed by atoms with E-state index in [-0.39, 0.29) is 0 Å². The molecule has 0 radical (unpaired) electrons. The van der Waals surface area contributed by atoms with E-state index < -0.39 is 0 Å². The van der Waals surface area contributed by atoms with Crippen LogP contribution >= 0.6 is 0 Å².